The highest BCUT2D eigenvalue weighted by Gasteiger charge is 2.08. The highest BCUT2D eigenvalue weighted by molar-refractivity contribution is 5.76. The number of primary amides is 1. The molecule has 1 rings (SSSR count). The van der Waals surface area contributed by atoms with Gasteiger partial charge in [-0.3, -0.25) is 14.9 Å². The maximum absolute atomic E-state index is 10.5. The molecule has 1 aromatic carbocycles. The van der Waals surface area contributed by atoms with Crippen molar-refractivity contribution in [1.82, 2.24) is 0 Å². The fourth-order valence-corrected chi connectivity index (χ4v) is 1.07. The van der Waals surface area contributed by atoms with Crippen LogP contribution >= 0.6 is 0 Å². The molecule has 0 fully saturated rings. The first-order chi connectivity index (χ1) is 8.04. The Labute approximate surface area is 96.8 Å². The van der Waals surface area contributed by atoms with E-state index < -0.39 is 10.8 Å². The fraction of sp³-hybridized carbons (Fsp3) is 0.0909. The van der Waals surface area contributed by atoms with Crippen LogP contribution in [0.15, 0.2) is 18.2 Å². The van der Waals surface area contributed by atoms with Crippen LogP contribution in [-0.4, -0.2) is 10.8 Å². The molecule has 84 valence electrons. The lowest BCUT2D eigenvalue weighted by Crippen LogP contribution is -2.08. The molecule has 17 heavy (non-hydrogen) atoms. The number of nitrogens with two attached hydrogens (primary N) is 1. The summed E-state index contributed by atoms with van der Waals surface area (Å²) in [4.78, 5) is 20.3. The molecule has 0 aliphatic rings. The standard InChI is InChI=1S/C11H7N3O3/c12-7-9-6-10(14(16)17)5-4-8(9)2-1-3-11(13)15/h4-6H,3H2,(H2,13,15). The third-order valence-corrected chi connectivity index (χ3v) is 1.82. The number of nitriles is 1. The largest absolute Gasteiger partial charge is 0.369 e. The van der Waals surface area contributed by atoms with Crippen molar-refractivity contribution in [2.24, 2.45) is 5.73 Å². The molecule has 0 saturated carbocycles. The van der Waals surface area contributed by atoms with E-state index in [1.54, 1.807) is 6.07 Å². The van der Waals surface area contributed by atoms with Crippen molar-refractivity contribution in [3.05, 3.63) is 39.4 Å². The number of non-ortho nitro benzene ring substituents is 1. The summed E-state index contributed by atoms with van der Waals surface area (Å²) in [7, 11) is 0. The van der Waals surface area contributed by atoms with Crippen LogP contribution in [0.25, 0.3) is 0 Å². The second kappa shape index (κ2) is 5.29. The van der Waals surface area contributed by atoms with Gasteiger partial charge in [0.2, 0.25) is 5.91 Å². The predicted octanol–water partition coefficient (Wildman–Crippen LogP) is 0.693. The van der Waals surface area contributed by atoms with Crippen molar-refractivity contribution < 1.29 is 9.72 Å². The van der Waals surface area contributed by atoms with E-state index in [9.17, 15) is 14.9 Å². The molecule has 0 saturated heterocycles. The normalized spacial score (nSPS) is 8.65. The number of carbonyl (C=O) groups is 1. The fourth-order valence-electron chi connectivity index (χ4n) is 1.07. The lowest BCUT2D eigenvalue weighted by atomic mass is 10.1. The summed E-state index contributed by atoms with van der Waals surface area (Å²) in [5.74, 6) is 4.47. The average Bonchev–Trinajstić information content (AvgIpc) is 2.28. The minimum absolute atomic E-state index is 0.0937. The summed E-state index contributed by atoms with van der Waals surface area (Å²) in [6.07, 6.45) is -0.123. The quantitative estimate of drug-likeness (QED) is 0.457. The monoisotopic (exact) mass is 229 g/mol. The summed E-state index contributed by atoms with van der Waals surface area (Å²) in [6.45, 7) is 0. The Kier molecular flexibility index (Phi) is 3.80. The van der Waals surface area contributed by atoms with Crippen molar-refractivity contribution >= 4 is 11.6 Å². The lowest BCUT2D eigenvalue weighted by molar-refractivity contribution is -0.384. The highest BCUT2D eigenvalue weighted by atomic mass is 16.6. The molecule has 0 heterocycles. The van der Waals surface area contributed by atoms with Gasteiger partial charge in [-0.1, -0.05) is 11.8 Å². The van der Waals surface area contributed by atoms with Crippen molar-refractivity contribution in [2.75, 3.05) is 0 Å². The molecule has 6 heteroatoms. The summed E-state index contributed by atoms with van der Waals surface area (Å²) in [6, 6.07) is 5.55. The van der Waals surface area contributed by atoms with Gasteiger partial charge in [-0.2, -0.15) is 5.26 Å². The van der Waals surface area contributed by atoms with Gasteiger partial charge in [0.25, 0.3) is 5.69 Å². The molecule has 0 bridgehead atoms. The second-order valence-electron chi connectivity index (χ2n) is 3.04. The predicted molar refractivity (Wildman–Crippen MR) is 58.5 cm³/mol. The summed E-state index contributed by atoms with van der Waals surface area (Å²) < 4.78 is 0. The third-order valence-electron chi connectivity index (χ3n) is 1.82. The topological polar surface area (TPSA) is 110 Å². The van der Waals surface area contributed by atoms with Crippen molar-refractivity contribution in [2.45, 2.75) is 6.42 Å². The van der Waals surface area contributed by atoms with E-state index in [4.69, 9.17) is 11.0 Å². The number of nitro benzene ring substituents is 1. The van der Waals surface area contributed by atoms with Crippen LogP contribution in [0.5, 0.6) is 0 Å². The molecule has 1 aromatic rings. The summed E-state index contributed by atoms with van der Waals surface area (Å²) in [5, 5.41) is 19.3. The first-order valence-electron chi connectivity index (χ1n) is 4.50. The van der Waals surface area contributed by atoms with E-state index >= 15 is 0 Å². The molecule has 6 nitrogen and oxygen atoms in total. The SMILES string of the molecule is N#Cc1cc([N+](=O)[O-])ccc1C#CCC(N)=O. The number of hydrogen-bond acceptors (Lipinski definition) is 4. The van der Waals surface area contributed by atoms with Crippen molar-refractivity contribution in [3.63, 3.8) is 0 Å². The van der Waals surface area contributed by atoms with Gasteiger partial charge >= 0.3 is 0 Å². The number of hydrogen-bond donors (Lipinski definition) is 1. The Balaban J connectivity index is 3.09. The number of benzene rings is 1. The van der Waals surface area contributed by atoms with E-state index in [1.165, 1.54) is 12.1 Å². The molecule has 0 radical (unpaired) electrons. The zero-order valence-electron chi connectivity index (χ0n) is 8.64. The first kappa shape index (κ1) is 12.2. The number of amides is 1. The van der Waals surface area contributed by atoms with E-state index in [-0.39, 0.29) is 17.7 Å². The van der Waals surface area contributed by atoms with Gasteiger partial charge in [0.15, 0.2) is 0 Å². The molecule has 1 amide bonds. The summed E-state index contributed by atoms with van der Waals surface area (Å²) >= 11 is 0. The molecular weight excluding hydrogens is 222 g/mol. The molecule has 0 aliphatic heterocycles. The van der Waals surface area contributed by atoms with Crippen LogP contribution < -0.4 is 5.73 Å². The minimum Gasteiger partial charge on any atom is -0.369 e. The lowest BCUT2D eigenvalue weighted by Gasteiger charge is -1.95. The van der Waals surface area contributed by atoms with E-state index in [2.05, 4.69) is 11.8 Å². The molecule has 0 aliphatic carbocycles. The Morgan fingerprint density at radius 1 is 1.47 bits per heavy atom. The molecule has 0 aromatic heterocycles. The molecule has 0 unspecified atom stereocenters. The number of nitro groups is 1. The zero-order chi connectivity index (χ0) is 12.8. The smallest absolute Gasteiger partial charge is 0.270 e. The zero-order valence-corrected chi connectivity index (χ0v) is 8.64. The number of nitrogens with zero attached hydrogens (tertiary/aromatic N) is 2. The van der Waals surface area contributed by atoms with Gasteiger partial charge in [0.1, 0.15) is 6.07 Å². The van der Waals surface area contributed by atoms with Crippen LogP contribution in [0.3, 0.4) is 0 Å². The Morgan fingerprint density at radius 2 is 2.18 bits per heavy atom. The first-order valence-corrected chi connectivity index (χ1v) is 4.50. The van der Waals surface area contributed by atoms with Gasteiger partial charge in [-0.25, -0.2) is 0 Å². The third kappa shape index (κ3) is 3.33. The molecule has 0 atom stereocenters. The highest BCUT2D eigenvalue weighted by Crippen LogP contribution is 2.16. The van der Waals surface area contributed by atoms with Crippen LogP contribution in [-0.2, 0) is 4.79 Å². The molecule has 0 spiro atoms. The maximum Gasteiger partial charge on any atom is 0.270 e. The van der Waals surface area contributed by atoms with Gasteiger partial charge in [0, 0.05) is 17.7 Å². The van der Waals surface area contributed by atoms with Crippen LogP contribution in [0.2, 0.25) is 0 Å². The Bertz CT molecular complexity index is 576. The second-order valence-corrected chi connectivity index (χ2v) is 3.04. The van der Waals surface area contributed by atoms with E-state index in [1.807, 2.05) is 0 Å². The van der Waals surface area contributed by atoms with Crippen LogP contribution in [0.4, 0.5) is 5.69 Å². The van der Waals surface area contributed by atoms with Crippen molar-refractivity contribution in [3.8, 4) is 17.9 Å². The summed E-state index contributed by atoms with van der Waals surface area (Å²) in [5.41, 5.74) is 5.14. The Hall–Kier alpha value is -2.86. The average molecular weight is 229 g/mol. The number of carbonyl (C=O) groups excluding carboxylic acids is 1. The van der Waals surface area contributed by atoms with Crippen LogP contribution in [0, 0.1) is 33.3 Å². The van der Waals surface area contributed by atoms with E-state index in [0.29, 0.717) is 5.56 Å². The molecular formula is C11H7N3O3. The Morgan fingerprint density at radius 3 is 2.71 bits per heavy atom. The van der Waals surface area contributed by atoms with Crippen molar-refractivity contribution in [1.29, 1.82) is 5.26 Å². The van der Waals surface area contributed by atoms with Gasteiger partial charge in [0.05, 0.1) is 16.9 Å². The molecule has 2 N–H and O–H groups in total. The minimum atomic E-state index is -0.596. The van der Waals surface area contributed by atoms with Gasteiger partial charge in [-0.15, -0.1) is 0 Å². The van der Waals surface area contributed by atoms with Crippen LogP contribution in [0.1, 0.15) is 17.5 Å². The van der Waals surface area contributed by atoms with Gasteiger partial charge < -0.3 is 5.73 Å². The number of rotatable bonds is 2. The van der Waals surface area contributed by atoms with Gasteiger partial charge in [-0.05, 0) is 6.07 Å². The maximum atomic E-state index is 10.5. The van der Waals surface area contributed by atoms with E-state index in [0.717, 1.165) is 6.07 Å².